The fourth-order valence-electron chi connectivity index (χ4n) is 1.51. The first-order valence-electron chi connectivity index (χ1n) is 4.49. The van der Waals surface area contributed by atoms with Crippen LogP contribution in [0.4, 0.5) is 5.69 Å². The number of hydrogen-bond acceptors (Lipinski definition) is 2. The molecule has 0 aromatic heterocycles. The zero-order valence-electron chi connectivity index (χ0n) is 8.13. The van der Waals surface area contributed by atoms with E-state index >= 15 is 0 Å². The van der Waals surface area contributed by atoms with Gasteiger partial charge in [0.1, 0.15) is 0 Å². The van der Waals surface area contributed by atoms with E-state index in [0.717, 1.165) is 21.1 Å². The molecule has 0 aliphatic carbocycles. The lowest BCUT2D eigenvalue weighted by Crippen LogP contribution is -2.40. The highest BCUT2D eigenvalue weighted by molar-refractivity contribution is 7.82. The van der Waals surface area contributed by atoms with Gasteiger partial charge in [0.25, 0.3) is 0 Å². The zero-order chi connectivity index (χ0) is 10.3. The van der Waals surface area contributed by atoms with E-state index in [0.29, 0.717) is 0 Å². The second-order valence-corrected chi connectivity index (χ2v) is 4.77. The normalized spacial score (nSPS) is 18.7. The standard InChI is InChI=1S/C11H11NS2/c1-11(2)9(13)7-5-3-4-6-8(7)12-10(11)14/h3-6H,1-2H3,(H,12,14). The summed E-state index contributed by atoms with van der Waals surface area (Å²) >= 11 is 10.7. The lowest BCUT2D eigenvalue weighted by atomic mass is 9.82. The van der Waals surface area contributed by atoms with Gasteiger partial charge in [-0.1, -0.05) is 42.6 Å². The van der Waals surface area contributed by atoms with Gasteiger partial charge in [0.15, 0.2) is 0 Å². The molecule has 1 heterocycles. The SMILES string of the molecule is CC1(C)C(=S)Nc2ccccc2C1=S. The quantitative estimate of drug-likeness (QED) is 0.676. The smallest absolute Gasteiger partial charge is 0.0907 e. The Morgan fingerprint density at radius 3 is 2.50 bits per heavy atom. The van der Waals surface area contributed by atoms with Gasteiger partial charge in [-0.25, -0.2) is 0 Å². The fraction of sp³-hybridized carbons (Fsp3) is 0.273. The first-order valence-corrected chi connectivity index (χ1v) is 5.30. The maximum Gasteiger partial charge on any atom is 0.0907 e. The summed E-state index contributed by atoms with van der Waals surface area (Å²) in [6, 6.07) is 8.02. The molecule has 0 atom stereocenters. The van der Waals surface area contributed by atoms with Gasteiger partial charge in [-0.2, -0.15) is 0 Å². The molecular weight excluding hydrogens is 210 g/mol. The first-order chi connectivity index (χ1) is 6.53. The largest absolute Gasteiger partial charge is 0.349 e. The van der Waals surface area contributed by atoms with Gasteiger partial charge < -0.3 is 5.32 Å². The van der Waals surface area contributed by atoms with Crippen molar-refractivity contribution in [3.8, 4) is 0 Å². The van der Waals surface area contributed by atoms with Crippen molar-refractivity contribution in [2.24, 2.45) is 5.41 Å². The van der Waals surface area contributed by atoms with E-state index < -0.39 is 0 Å². The van der Waals surface area contributed by atoms with Crippen LogP contribution in [0.2, 0.25) is 0 Å². The predicted molar refractivity (Wildman–Crippen MR) is 68.1 cm³/mol. The Morgan fingerprint density at radius 1 is 1.14 bits per heavy atom. The third-order valence-corrected chi connectivity index (χ3v) is 3.90. The van der Waals surface area contributed by atoms with E-state index in [4.69, 9.17) is 24.4 Å². The molecule has 1 aliphatic heterocycles. The summed E-state index contributed by atoms with van der Waals surface area (Å²) < 4.78 is 0. The number of nitrogens with one attached hydrogen (secondary N) is 1. The van der Waals surface area contributed by atoms with E-state index in [1.54, 1.807) is 0 Å². The van der Waals surface area contributed by atoms with Crippen molar-refractivity contribution in [2.45, 2.75) is 13.8 Å². The number of benzene rings is 1. The molecule has 0 radical (unpaired) electrons. The molecule has 0 unspecified atom stereocenters. The Morgan fingerprint density at radius 2 is 1.79 bits per heavy atom. The minimum absolute atomic E-state index is 0.209. The number of fused-ring (bicyclic) bond motifs is 1. The molecule has 1 N–H and O–H groups in total. The number of para-hydroxylation sites is 1. The summed E-state index contributed by atoms with van der Waals surface area (Å²) in [6.45, 7) is 4.11. The molecule has 2 rings (SSSR count). The van der Waals surface area contributed by atoms with Crippen molar-refractivity contribution in [3.63, 3.8) is 0 Å². The van der Waals surface area contributed by atoms with Crippen LogP contribution in [-0.2, 0) is 0 Å². The van der Waals surface area contributed by atoms with Crippen molar-refractivity contribution in [1.29, 1.82) is 0 Å². The zero-order valence-corrected chi connectivity index (χ0v) is 9.76. The van der Waals surface area contributed by atoms with Crippen molar-refractivity contribution in [2.75, 3.05) is 5.32 Å². The van der Waals surface area contributed by atoms with E-state index in [-0.39, 0.29) is 5.41 Å². The van der Waals surface area contributed by atoms with Crippen molar-refractivity contribution >= 4 is 40.0 Å². The number of thiocarbonyl (C=S) groups is 2. The van der Waals surface area contributed by atoms with E-state index in [9.17, 15) is 0 Å². The first kappa shape index (κ1) is 9.74. The molecule has 1 aromatic carbocycles. The van der Waals surface area contributed by atoms with Gasteiger partial charge in [-0.15, -0.1) is 0 Å². The van der Waals surface area contributed by atoms with Crippen LogP contribution in [0.3, 0.4) is 0 Å². The van der Waals surface area contributed by atoms with Gasteiger partial charge in [0.2, 0.25) is 0 Å². The van der Waals surface area contributed by atoms with Crippen LogP contribution in [0.1, 0.15) is 19.4 Å². The van der Waals surface area contributed by atoms with Crippen LogP contribution < -0.4 is 5.32 Å². The Kier molecular flexibility index (Phi) is 2.16. The monoisotopic (exact) mass is 221 g/mol. The van der Waals surface area contributed by atoms with Crippen LogP contribution in [-0.4, -0.2) is 9.85 Å². The molecule has 0 fully saturated rings. The molecule has 1 nitrogen and oxygen atoms in total. The second kappa shape index (κ2) is 3.11. The van der Waals surface area contributed by atoms with Gasteiger partial charge >= 0.3 is 0 Å². The van der Waals surface area contributed by atoms with E-state index in [1.165, 1.54) is 0 Å². The average Bonchev–Trinajstić information content (AvgIpc) is 2.15. The van der Waals surface area contributed by atoms with Gasteiger partial charge in [-0.05, 0) is 19.9 Å². The molecule has 0 spiro atoms. The minimum atomic E-state index is -0.209. The topological polar surface area (TPSA) is 12.0 Å². The minimum Gasteiger partial charge on any atom is -0.349 e. The third kappa shape index (κ3) is 1.28. The van der Waals surface area contributed by atoms with Gasteiger partial charge in [0.05, 0.1) is 10.4 Å². The highest BCUT2D eigenvalue weighted by atomic mass is 32.1. The molecule has 72 valence electrons. The summed E-state index contributed by atoms with van der Waals surface area (Å²) in [4.78, 5) is 1.73. The number of hydrogen-bond donors (Lipinski definition) is 1. The molecule has 0 saturated carbocycles. The van der Waals surface area contributed by atoms with Crippen LogP contribution in [0.5, 0.6) is 0 Å². The molecule has 0 bridgehead atoms. The lowest BCUT2D eigenvalue weighted by Gasteiger charge is -2.33. The molecular formula is C11H11NS2. The highest BCUT2D eigenvalue weighted by Gasteiger charge is 2.34. The maximum atomic E-state index is 5.45. The molecule has 1 aromatic rings. The Bertz CT molecular complexity index is 421. The van der Waals surface area contributed by atoms with Crippen LogP contribution in [0, 0.1) is 5.41 Å². The Labute approximate surface area is 94.5 Å². The van der Waals surface area contributed by atoms with Crippen molar-refractivity contribution < 1.29 is 0 Å². The summed E-state index contributed by atoms with van der Waals surface area (Å²) in [5.74, 6) is 0. The van der Waals surface area contributed by atoms with Crippen LogP contribution in [0.15, 0.2) is 24.3 Å². The second-order valence-electron chi connectivity index (χ2n) is 3.95. The highest BCUT2D eigenvalue weighted by Crippen LogP contribution is 2.34. The predicted octanol–water partition coefficient (Wildman–Crippen LogP) is 3.18. The van der Waals surface area contributed by atoms with Crippen LogP contribution >= 0.6 is 24.4 Å². The summed E-state index contributed by atoms with van der Waals surface area (Å²) in [6.07, 6.45) is 0. The van der Waals surface area contributed by atoms with Gasteiger partial charge in [0, 0.05) is 16.1 Å². The van der Waals surface area contributed by atoms with Crippen LogP contribution in [0.25, 0.3) is 0 Å². The number of anilines is 1. The molecule has 0 saturated heterocycles. The average molecular weight is 221 g/mol. The summed E-state index contributed by atoms with van der Waals surface area (Å²) in [5, 5.41) is 3.22. The van der Waals surface area contributed by atoms with Crippen molar-refractivity contribution in [1.82, 2.24) is 0 Å². The van der Waals surface area contributed by atoms with E-state index in [2.05, 4.69) is 19.2 Å². The third-order valence-electron chi connectivity index (χ3n) is 2.56. The molecule has 14 heavy (non-hydrogen) atoms. The van der Waals surface area contributed by atoms with Crippen molar-refractivity contribution in [3.05, 3.63) is 29.8 Å². The maximum absolute atomic E-state index is 5.45. The Hall–Kier alpha value is -0.800. The Balaban J connectivity index is 2.61. The molecule has 1 aliphatic rings. The lowest BCUT2D eigenvalue weighted by molar-refractivity contribution is 0.746. The van der Waals surface area contributed by atoms with E-state index in [1.807, 2.05) is 24.3 Å². The number of rotatable bonds is 0. The van der Waals surface area contributed by atoms with Gasteiger partial charge in [-0.3, -0.25) is 0 Å². The molecule has 3 heteroatoms. The summed E-state index contributed by atoms with van der Waals surface area (Å²) in [7, 11) is 0. The summed E-state index contributed by atoms with van der Waals surface area (Å²) in [5.41, 5.74) is 1.92. The molecule has 0 amide bonds. The fourth-order valence-corrected chi connectivity index (χ4v) is 2.07.